The highest BCUT2D eigenvalue weighted by Gasteiger charge is 2.14. The molecule has 0 aliphatic heterocycles. The van der Waals surface area contributed by atoms with Gasteiger partial charge in [0.25, 0.3) is 5.91 Å². The Morgan fingerprint density at radius 3 is 2.88 bits per heavy atom. The molecule has 1 unspecified atom stereocenters. The lowest BCUT2D eigenvalue weighted by molar-refractivity contribution is 0.0929. The second-order valence-corrected chi connectivity index (χ2v) is 3.56. The predicted molar refractivity (Wildman–Crippen MR) is 58.8 cm³/mol. The zero-order chi connectivity index (χ0) is 12.3. The van der Waals surface area contributed by atoms with Crippen molar-refractivity contribution in [1.82, 2.24) is 10.3 Å². The van der Waals surface area contributed by atoms with Crippen molar-refractivity contribution in [2.24, 2.45) is 0 Å². The summed E-state index contributed by atoms with van der Waals surface area (Å²) >= 11 is 0. The van der Waals surface area contributed by atoms with Crippen molar-refractivity contribution in [3.63, 3.8) is 0 Å². The van der Waals surface area contributed by atoms with Crippen molar-refractivity contribution >= 4 is 5.91 Å². The van der Waals surface area contributed by atoms with Gasteiger partial charge in [0.1, 0.15) is 11.5 Å². The summed E-state index contributed by atoms with van der Waals surface area (Å²) in [7, 11) is 0. The van der Waals surface area contributed by atoms with E-state index >= 15 is 0 Å². The van der Waals surface area contributed by atoms with Gasteiger partial charge in [0.2, 0.25) is 5.95 Å². The van der Waals surface area contributed by atoms with E-state index in [9.17, 15) is 9.18 Å². The number of carbonyl (C=O) groups is 1. The zero-order valence-corrected chi connectivity index (χ0v) is 9.18. The molecule has 2 aromatic heterocycles. The lowest BCUT2D eigenvalue weighted by Gasteiger charge is -2.10. The van der Waals surface area contributed by atoms with E-state index in [2.05, 4.69) is 10.3 Å². The van der Waals surface area contributed by atoms with Crippen molar-refractivity contribution in [2.45, 2.75) is 13.0 Å². The van der Waals surface area contributed by atoms with Gasteiger partial charge in [0, 0.05) is 0 Å². The van der Waals surface area contributed by atoms with Gasteiger partial charge in [-0.25, -0.2) is 4.98 Å². The molecule has 17 heavy (non-hydrogen) atoms. The second kappa shape index (κ2) is 4.78. The predicted octanol–water partition coefficient (Wildman–Crippen LogP) is 2.30. The van der Waals surface area contributed by atoms with Gasteiger partial charge in [-0.05, 0) is 31.2 Å². The van der Waals surface area contributed by atoms with Crippen LogP contribution in [0.1, 0.15) is 29.2 Å². The molecule has 4 nitrogen and oxygen atoms in total. The van der Waals surface area contributed by atoms with Crippen LogP contribution in [0.3, 0.4) is 0 Å². The number of hydrogen-bond acceptors (Lipinski definition) is 3. The fourth-order valence-electron chi connectivity index (χ4n) is 1.41. The molecule has 2 heterocycles. The minimum absolute atomic E-state index is 0.0448. The molecule has 5 heteroatoms. The lowest BCUT2D eigenvalue weighted by atomic mass is 10.2. The first-order chi connectivity index (χ1) is 8.16. The normalized spacial score (nSPS) is 12.1. The molecule has 1 N–H and O–H groups in total. The van der Waals surface area contributed by atoms with E-state index < -0.39 is 11.9 Å². The van der Waals surface area contributed by atoms with E-state index in [1.807, 2.05) is 0 Å². The summed E-state index contributed by atoms with van der Waals surface area (Å²) in [6.45, 7) is 1.77. The molecule has 2 rings (SSSR count). The average molecular weight is 234 g/mol. The van der Waals surface area contributed by atoms with Gasteiger partial charge in [-0.3, -0.25) is 4.79 Å². The largest absolute Gasteiger partial charge is 0.467 e. The number of pyridine rings is 1. The fourth-order valence-corrected chi connectivity index (χ4v) is 1.41. The molecule has 0 aliphatic rings. The number of rotatable bonds is 3. The number of furan rings is 1. The monoisotopic (exact) mass is 234 g/mol. The first-order valence-electron chi connectivity index (χ1n) is 5.13. The highest BCUT2D eigenvalue weighted by molar-refractivity contribution is 5.92. The Kier molecular flexibility index (Phi) is 3.18. The number of nitrogens with zero attached hydrogens (tertiary/aromatic N) is 1. The molecule has 0 aliphatic carbocycles. The molecular weight excluding hydrogens is 223 g/mol. The fraction of sp³-hybridized carbons (Fsp3) is 0.167. The third kappa shape index (κ3) is 2.69. The summed E-state index contributed by atoms with van der Waals surface area (Å²) in [4.78, 5) is 15.2. The standard InChI is InChI=1S/C12H11FN2O2/c1-8(10-5-3-7-17-10)14-12(16)9-4-2-6-11(13)15-9/h2-8H,1H3,(H,14,16). The van der Waals surface area contributed by atoms with E-state index in [0.29, 0.717) is 5.76 Å². The Hall–Kier alpha value is -2.17. The Bertz CT molecular complexity index is 511. The van der Waals surface area contributed by atoms with E-state index in [1.54, 1.807) is 19.1 Å². The summed E-state index contributed by atoms with van der Waals surface area (Å²) in [5, 5.41) is 2.66. The molecule has 0 radical (unpaired) electrons. The zero-order valence-electron chi connectivity index (χ0n) is 9.18. The Labute approximate surface area is 97.5 Å². The van der Waals surface area contributed by atoms with Crippen LogP contribution in [0.4, 0.5) is 4.39 Å². The van der Waals surface area contributed by atoms with Crippen LogP contribution >= 0.6 is 0 Å². The average Bonchev–Trinajstić information content (AvgIpc) is 2.82. The van der Waals surface area contributed by atoms with Crippen LogP contribution in [0.25, 0.3) is 0 Å². The van der Waals surface area contributed by atoms with Crippen molar-refractivity contribution in [1.29, 1.82) is 0 Å². The highest BCUT2D eigenvalue weighted by Crippen LogP contribution is 2.12. The van der Waals surface area contributed by atoms with Crippen molar-refractivity contribution < 1.29 is 13.6 Å². The number of hydrogen-bond donors (Lipinski definition) is 1. The van der Waals surface area contributed by atoms with Crippen molar-refractivity contribution in [3.8, 4) is 0 Å². The molecule has 1 atom stereocenters. The minimum Gasteiger partial charge on any atom is -0.467 e. The third-order valence-corrected chi connectivity index (χ3v) is 2.27. The maximum absolute atomic E-state index is 12.8. The lowest BCUT2D eigenvalue weighted by Crippen LogP contribution is -2.27. The summed E-state index contributed by atoms with van der Waals surface area (Å²) in [6, 6.07) is 7.28. The SMILES string of the molecule is CC(NC(=O)c1cccc(F)n1)c1ccco1. The maximum Gasteiger partial charge on any atom is 0.270 e. The van der Waals surface area contributed by atoms with Gasteiger partial charge in [0.05, 0.1) is 12.3 Å². The maximum atomic E-state index is 12.8. The second-order valence-electron chi connectivity index (χ2n) is 3.56. The van der Waals surface area contributed by atoms with Crippen LogP contribution < -0.4 is 5.32 Å². The van der Waals surface area contributed by atoms with Crippen LogP contribution in [0, 0.1) is 5.95 Å². The molecule has 0 saturated heterocycles. The molecule has 0 fully saturated rings. The van der Waals surface area contributed by atoms with Gasteiger partial charge in [-0.1, -0.05) is 6.07 Å². The Morgan fingerprint density at radius 1 is 1.41 bits per heavy atom. The highest BCUT2D eigenvalue weighted by atomic mass is 19.1. The van der Waals surface area contributed by atoms with Gasteiger partial charge >= 0.3 is 0 Å². The molecule has 0 spiro atoms. The van der Waals surface area contributed by atoms with E-state index in [0.717, 1.165) is 0 Å². The molecule has 0 bridgehead atoms. The van der Waals surface area contributed by atoms with Crippen LogP contribution in [-0.4, -0.2) is 10.9 Å². The number of aromatic nitrogens is 1. The van der Waals surface area contributed by atoms with E-state index in [1.165, 1.54) is 24.5 Å². The topological polar surface area (TPSA) is 55.1 Å². The van der Waals surface area contributed by atoms with Gasteiger partial charge in [0.15, 0.2) is 0 Å². The quantitative estimate of drug-likeness (QED) is 0.829. The Balaban J connectivity index is 2.07. The molecule has 0 saturated carbocycles. The van der Waals surface area contributed by atoms with E-state index in [-0.39, 0.29) is 11.7 Å². The van der Waals surface area contributed by atoms with Crippen molar-refractivity contribution in [3.05, 3.63) is 54.0 Å². The summed E-state index contributed by atoms with van der Waals surface area (Å²) in [5.74, 6) is -0.480. The number of halogens is 1. The molecule has 2 aromatic rings. The minimum atomic E-state index is -0.677. The van der Waals surface area contributed by atoms with Gasteiger partial charge in [-0.2, -0.15) is 4.39 Å². The van der Waals surface area contributed by atoms with Crippen LogP contribution in [-0.2, 0) is 0 Å². The van der Waals surface area contributed by atoms with Gasteiger partial charge < -0.3 is 9.73 Å². The third-order valence-electron chi connectivity index (χ3n) is 2.27. The van der Waals surface area contributed by atoms with Crippen LogP contribution in [0.2, 0.25) is 0 Å². The summed E-state index contributed by atoms with van der Waals surface area (Å²) in [6.07, 6.45) is 1.53. The van der Waals surface area contributed by atoms with E-state index in [4.69, 9.17) is 4.42 Å². The first kappa shape index (κ1) is 11.3. The Morgan fingerprint density at radius 2 is 2.24 bits per heavy atom. The molecule has 0 aromatic carbocycles. The first-order valence-corrected chi connectivity index (χ1v) is 5.13. The molecule has 88 valence electrons. The van der Waals surface area contributed by atoms with Crippen LogP contribution in [0.5, 0.6) is 0 Å². The molecule has 1 amide bonds. The summed E-state index contributed by atoms with van der Waals surface area (Å²) in [5.41, 5.74) is 0.0448. The number of nitrogens with one attached hydrogen (secondary N) is 1. The number of carbonyl (C=O) groups excluding carboxylic acids is 1. The number of amides is 1. The molecular formula is C12H11FN2O2. The van der Waals surface area contributed by atoms with Crippen LogP contribution in [0.15, 0.2) is 41.0 Å². The van der Waals surface area contributed by atoms with Crippen molar-refractivity contribution in [2.75, 3.05) is 0 Å². The van der Waals surface area contributed by atoms with Gasteiger partial charge in [-0.15, -0.1) is 0 Å². The smallest absolute Gasteiger partial charge is 0.270 e. The summed E-state index contributed by atoms with van der Waals surface area (Å²) < 4.78 is 18.0.